The van der Waals surface area contributed by atoms with Gasteiger partial charge in [-0.1, -0.05) is 11.6 Å². The number of nitrogens with two attached hydrogens (primary N) is 1. The molecule has 0 radical (unpaired) electrons. The zero-order chi connectivity index (χ0) is 14.9. The van der Waals surface area contributed by atoms with Gasteiger partial charge in [0.25, 0.3) is 0 Å². The van der Waals surface area contributed by atoms with E-state index in [0.29, 0.717) is 10.8 Å². The van der Waals surface area contributed by atoms with E-state index in [-0.39, 0.29) is 17.9 Å². The number of nitrogens with zero attached hydrogens (tertiary/aromatic N) is 2. The van der Waals surface area contributed by atoms with Crippen LogP contribution in [0.3, 0.4) is 0 Å². The Bertz CT molecular complexity index is 667. The zero-order valence-electron chi connectivity index (χ0n) is 11.1. The molecule has 0 fully saturated rings. The maximum Gasteiger partial charge on any atom is 0.337 e. The van der Waals surface area contributed by atoms with Crippen LogP contribution < -0.4 is 10.5 Å². The van der Waals surface area contributed by atoms with Gasteiger partial charge in [-0.25, -0.2) is 4.79 Å². The van der Waals surface area contributed by atoms with Crippen molar-refractivity contribution in [1.29, 1.82) is 0 Å². The van der Waals surface area contributed by atoms with Crippen molar-refractivity contribution < 1.29 is 14.6 Å². The first-order valence-electron chi connectivity index (χ1n) is 5.83. The van der Waals surface area contributed by atoms with Crippen LogP contribution in [0.4, 0.5) is 5.69 Å². The zero-order valence-corrected chi connectivity index (χ0v) is 11.8. The number of ether oxygens (including phenoxy) is 1. The van der Waals surface area contributed by atoms with Gasteiger partial charge in [-0.05, 0) is 19.1 Å². The van der Waals surface area contributed by atoms with Gasteiger partial charge in [-0.2, -0.15) is 5.10 Å². The Morgan fingerprint density at radius 2 is 2.25 bits per heavy atom. The summed E-state index contributed by atoms with van der Waals surface area (Å²) in [4.78, 5) is 10.9. The third-order valence-electron chi connectivity index (χ3n) is 2.89. The van der Waals surface area contributed by atoms with Crippen molar-refractivity contribution in [3.8, 4) is 5.75 Å². The van der Waals surface area contributed by atoms with Crippen LogP contribution in [0.25, 0.3) is 0 Å². The summed E-state index contributed by atoms with van der Waals surface area (Å²) in [6.07, 6.45) is 0. The molecule has 0 aliphatic rings. The van der Waals surface area contributed by atoms with E-state index in [1.54, 1.807) is 17.8 Å². The molecule has 0 bridgehead atoms. The molecule has 7 heteroatoms. The monoisotopic (exact) mass is 295 g/mol. The Kier molecular flexibility index (Phi) is 3.85. The fraction of sp³-hybridized carbons (Fsp3) is 0.231. The lowest BCUT2D eigenvalue weighted by molar-refractivity contribution is 0.0698. The Morgan fingerprint density at radius 3 is 2.75 bits per heavy atom. The lowest BCUT2D eigenvalue weighted by Gasteiger charge is -2.09. The predicted octanol–water partition coefficient (Wildman–Crippen LogP) is 2.24. The number of aryl methyl sites for hydroxylation is 2. The summed E-state index contributed by atoms with van der Waals surface area (Å²) in [6.45, 7) is 2.04. The summed E-state index contributed by atoms with van der Waals surface area (Å²) in [5, 5.41) is 13.6. The molecule has 6 nitrogen and oxygen atoms in total. The minimum absolute atomic E-state index is 0.0479. The summed E-state index contributed by atoms with van der Waals surface area (Å²) in [7, 11) is 1.78. The van der Waals surface area contributed by atoms with Crippen LogP contribution >= 0.6 is 11.6 Å². The molecule has 0 aliphatic carbocycles. The van der Waals surface area contributed by atoms with Crippen molar-refractivity contribution in [3.05, 3.63) is 40.2 Å². The highest BCUT2D eigenvalue weighted by atomic mass is 35.5. The van der Waals surface area contributed by atoms with Crippen molar-refractivity contribution in [1.82, 2.24) is 9.78 Å². The molecule has 2 aromatic rings. The third-order valence-corrected chi connectivity index (χ3v) is 3.38. The number of hydrogen-bond acceptors (Lipinski definition) is 4. The maximum atomic E-state index is 10.9. The van der Waals surface area contributed by atoms with Gasteiger partial charge in [0.1, 0.15) is 12.4 Å². The molecule has 0 amide bonds. The quantitative estimate of drug-likeness (QED) is 0.844. The number of anilines is 1. The molecule has 0 unspecified atom stereocenters. The SMILES string of the molecule is Cc1nn(C)c(COc2ccc(C(=O)O)c(N)c2)c1Cl. The standard InChI is InChI=1S/C13H14ClN3O3/c1-7-12(14)11(17(2)16-7)6-20-8-3-4-9(13(18)19)10(15)5-8/h3-5H,6,15H2,1-2H3,(H,18,19). The molecule has 1 heterocycles. The molecule has 0 saturated carbocycles. The van der Waals surface area contributed by atoms with Gasteiger partial charge < -0.3 is 15.6 Å². The van der Waals surface area contributed by atoms with E-state index in [1.165, 1.54) is 12.1 Å². The van der Waals surface area contributed by atoms with Gasteiger partial charge in [0.15, 0.2) is 0 Å². The van der Waals surface area contributed by atoms with Gasteiger partial charge >= 0.3 is 5.97 Å². The van der Waals surface area contributed by atoms with Crippen molar-refractivity contribution in [3.63, 3.8) is 0 Å². The number of nitrogen functional groups attached to an aromatic ring is 1. The number of hydrogen-bond donors (Lipinski definition) is 2. The number of halogens is 1. The van der Waals surface area contributed by atoms with Crippen LogP contribution in [0.1, 0.15) is 21.7 Å². The van der Waals surface area contributed by atoms with E-state index < -0.39 is 5.97 Å². The maximum absolute atomic E-state index is 10.9. The Morgan fingerprint density at radius 1 is 1.55 bits per heavy atom. The summed E-state index contributed by atoms with van der Waals surface area (Å²) >= 11 is 6.11. The first kappa shape index (κ1) is 14.2. The van der Waals surface area contributed by atoms with Crippen LogP contribution in [0.5, 0.6) is 5.75 Å². The molecule has 2 rings (SSSR count). The van der Waals surface area contributed by atoms with Crippen LogP contribution in [0, 0.1) is 6.92 Å². The van der Waals surface area contributed by atoms with E-state index in [1.807, 2.05) is 6.92 Å². The van der Waals surface area contributed by atoms with Crippen molar-refractivity contribution in [2.24, 2.45) is 7.05 Å². The average Bonchev–Trinajstić information content (AvgIpc) is 2.61. The van der Waals surface area contributed by atoms with E-state index in [0.717, 1.165) is 11.4 Å². The van der Waals surface area contributed by atoms with Gasteiger partial charge in [0.2, 0.25) is 0 Å². The highest BCUT2D eigenvalue weighted by Gasteiger charge is 2.13. The average molecular weight is 296 g/mol. The Balaban J connectivity index is 2.15. The first-order valence-corrected chi connectivity index (χ1v) is 6.21. The smallest absolute Gasteiger partial charge is 0.337 e. The number of carboxylic acid groups (broad SMARTS) is 1. The highest BCUT2D eigenvalue weighted by molar-refractivity contribution is 6.31. The molecule has 0 atom stereocenters. The van der Waals surface area contributed by atoms with Gasteiger partial charge in [0, 0.05) is 18.8 Å². The van der Waals surface area contributed by atoms with Gasteiger partial charge in [0.05, 0.1) is 22.0 Å². The lowest BCUT2D eigenvalue weighted by atomic mass is 10.2. The molecular formula is C13H14ClN3O3. The Labute approximate surface area is 120 Å². The van der Waals surface area contributed by atoms with Gasteiger partial charge in [-0.3, -0.25) is 4.68 Å². The number of carboxylic acids is 1. The van der Waals surface area contributed by atoms with E-state index in [4.69, 9.17) is 27.2 Å². The molecular weight excluding hydrogens is 282 g/mol. The van der Waals surface area contributed by atoms with Crippen molar-refractivity contribution in [2.45, 2.75) is 13.5 Å². The Hall–Kier alpha value is -2.21. The molecule has 0 spiro atoms. The molecule has 3 N–H and O–H groups in total. The second-order valence-electron chi connectivity index (χ2n) is 4.31. The summed E-state index contributed by atoms with van der Waals surface area (Å²) in [6, 6.07) is 4.43. The van der Waals surface area contributed by atoms with E-state index in [2.05, 4.69) is 5.10 Å². The molecule has 0 aliphatic heterocycles. The fourth-order valence-electron chi connectivity index (χ4n) is 1.81. The molecule has 20 heavy (non-hydrogen) atoms. The minimum Gasteiger partial charge on any atom is -0.487 e. The number of rotatable bonds is 4. The molecule has 0 saturated heterocycles. The van der Waals surface area contributed by atoms with Crippen molar-refractivity contribution >= 4 is 23.3 Å². The molecule has 1 aromatic heterocycles. The molecule has 1 aromatic carbocycles. The van der Waals surface area contributed by atoms with Gasteiger partial charge in [-0.15, -0.1) is 0 Å². The van der Waals surface area contributed by atoms with Crippen molar-refractivity contribution in [2.75, 3.05) is 5.73 Å². The highest BCUT2D eigenvalue weighted by Crippen LogP contribution is 2.24. The summed E-state index contributed by atoms with van der Waals surface area (Å²) in [5.74, 6) is -0.596. The van der Waals surface area contributed by atoms with Crippen LogP contribution in [0.2, 0.25) is 5.02 Å². The summed E-state index contributed by atoms with van der Waals surface area (Å²) < 4.78 is 7.21. The normalized spacial score (nSPS) is 10.6. The second-order valence-corrected chi connectivity index (χ2v) is 4.69. The van der Waals surface area contributed by atoms with Crippen LogP contribution in [-0.4, -0.2) is 20.9 Å². The second kappa shape index (κ2) is 5.42. The lowest BCUT2D eigenvalue weighted by Crippen LogP contribution is -2.05. The van der Waals surface area contributed by atoms with E-state index in [9.17, 15) is 4.79 Å². The number of benzene rings is 1. The fourth-order valence-corrected chi connectivity index (χ4v) is 2.03. The topological polar surface area (TPSA) is 90.4 Å². The van der Waals surface area contributed by atoms with Crippen LogP contribution in [0.15, 0.2) is 18.2 Å². The number of aromatic carboxylic acids is 1. The van der Waals surface area contributed by atoms with E-state index >= 15 is 0 Å². The minimum atomic E-state index is -1.07. The third kappa shape index (κ3) is 2.70. The van der Waals surface area contributed by atoms with Crippen LogP contribution in [-0.2, 0) is 13.7 Å². The molecule has 106 valence electrons. The predicted molar refractivity (Wildman–Crippen MR) is 75.1 cm³/mol. The first-order chi connectivity index (χ1) is 9.40. The number of aromatic nitrogens is 2. The number of carbonyl (C=O) groups is 1. The largest absolute Gasteiger partial charge is 0.487 e. The summed E-state index contributed by atoms with van der Waals surface area (Å²) in [5.41, 5.74) is 7.32.